The normalized spacial score (nSPS) is 22.4. The monoisotopic (exact) mass is 250 g/mol. The molecule has 0 N–H and O–H groups in total. The van der Waals surface area contributed by atoms with Crippen LogP contribution in [-0.2, 0) is 4.79 Å². The fraction of sp³-hybridized carbons (Fsp3) is 0.867. The van der Waals surface area contributed by atoms with Crippen LogP contribution in [0.3, 0.4) is 0 Å². The fourth-order valence-electron chi connectivity index (χ4n) is 2.90. The lowest BCUT2D eigenvalue weighted by molar-refractivity contribution is -0.134. The molecule has 0 aromatic carbocycles. The predicted octanol–water partition coefficient (Wildman–Crippen LogP) is 3.35. The topological polar surface area (TPSA) is 44.1 Å². The highest BCUT2D eigenvalue weighted by Crippen LogP contribution is 2.27. The van der Waals surface area contributed by atoms with E-state index in [1.807, 2.05) is 0 Å². The maximum absolute atomic E-state index is 12.2. The summed E-state index contributed by atoms with van der Waals surface area (Å²) in [6.45, 7) is 9.50. The van der Waals surface area contributed by atoms with E-state index in [2.05, 4.69) is 33.8 Å². The average Bonchev–Trinajstić information content (AvgIpc) is 2.26. The molecule has 1 heterocycles. The van der Waals surface area contributed by atoms with E-state index in [9.17, 15) is 4.79 Å². The van der Waals surface area contributed by atoms with E-state index in [1.165, 1.54) is 0 Å². The summed E-state index contributed by atoms with van der Waals surface area (Å²) in [5.41, 5.74) is 0.260. The van der Waals surface area contributed by atoms with Gasteiger partial charge in [-0.1, -0.05) is 27.7 Å². The molecule has 1 aliphatic rings. The number of nitriles is 1. The fourth-order valence-corrected chi connectivity index (χ4v) is 2.90. The second kappa shape index (κ2) is 6.22. The minimum Gasteiger partial charge on any atom is -0.327 e. The van der Waals surface area contributed by atoms with Gasteiger partial charge >= 0.3 is 0 Å². The number of nitrogens with zero attached hydrogens (tertiary/aromatic N) is 2. The molecule has 0 saturated carbocycles. The van der Waals surface area contributed by atoms with Gasteiger partial charge in [0, 0.05) is 13.0 Å². The third-order valence-electron chi connectivity index (χ3n) is 3.46. The van der Waals surface area contributed by atoms with Crippen LogP contribution in [-0.4, -0.2) is 23.4 Å². The van der Waals surface area contributed by atoms with E-state index in [0.717, 1.165) is 32.2 Å². The molecule has 1 saturated heterocycles. The predicted molar refractivity (Wildman–Crippen MR) is 72.8 cm³/mol. The Hall–Kier alpha value is -1.04. The van der Waals surface area contributed by atoms with Crippen molar-refractivity contribution < 1.29 is 4.79 Å². The van der Waals surface area contributed by atoms with Crippen LogP contribution in [0.1, 0.15) is 59.8 Å². The number of hydrogen-bond donors (Lipinski definition) is 0. The Balaban J connectivity index is 2.51. The van der Waals surface area contributed by atoms with Crippen molar-refractivity contribution in [2.45, 2.75) is 65.8 Å². The van der Waals surface area contributed by atoms with Gasteiger partial charge < -0.3 is 4.90 Å². The Morgan fingerprint density at radius 2 is 2.11 bits per heavy atom. The summed E-state index contributed by atoms with van der Waals surface area (Å²) >= 11 is 0. The number of piperidine rings is 1. The van der Waals surface area contributed by atoms with Crippen molar-refractivity contribution in [3.05, 3.63) is 0 Å². The molecule has 18 heavy (non-hydrogen) atoms. The van der Waals surface area contributed by atoms with E-state index in [-0.39, 0.29) is 17.4 Å². The highest BCUT2D eigenvalue weighted by molar-refractivity contribution is 5.77. The van der Waals surface area contributed by atoms with Gasteiger partial charge in [0.2, 0.25) is 5.91 Å². The van der Waals surface area contributed by atoms with Crippen LogP contribution in [0.5, 0.6) is 0 Å². The van der Waals surface area contributed by atoms with E-state index in [0.29, 0.717) is 12.3 Å². The molecule has 1 fully saturated rings. The Morgan fingerprint density at radius 1 is 1.44 bits per heavy atom. The van der Waals surface area contributed by atoms with Gasteiger partial charge in [-0.3, -0.25) is 4.79 Å². The van der Waals surface area contributed by atoms with Gasteiger partial charge in [0.25, 0.3) is 0 Å². The smallest absolute Gasteiger partial charge is 0.223 e. The van der Waals surface area contributed by atoms with Crippen molar-refractivity contribution >= 4 is 5.91 Å². The minimum atomic E-state index is -0.187. The molecular formula is C15H26N2O. The zero-order valence-electron chi connectivity index (χ0n) is 12.2. The van der Waals surface area contributed by atoms with Gasteiger partial charge in [0.1, 0.15) is 6.04 Å². The molecule has 3 nitrogen and oxygen atoms in total. The van der Waals surface area contributed by atoms with Crippen molar-refractivity contribution in [3.8, 4) is 6.07 Å². The summed E-state index contributed by atoms with van der Waals surface area (Å²) in [5.74, 6) is 0.553. The van der Waals surface area contributed by atoms with Crippen LogP contribution >= 0.6 is 0 Å². The molecule has 1 amide bonds. The molecule has 2 atom stereocenters. The lowest BCUT2D eigenvalue weighted by Gasteiger charge is -2.33. The molecular weight excluding hydrogens is 224 g/mol. The molecule has 3 heteroatoms. The second-order valence-corrected chi connectivity index (χ2v) is 6.80. The third kappa shape index (κ3) is 4.68. The largest absolute Gasteiger partial charge is 0.327 e. The summed E-state index contributed by atoms with van der Waals surface area (Å²) in [6, 6.07) is 2.07. The standard InChI is InChI=1S/C15H26N2O/c1-12(10-15(2,3)4)9-14(18)17-8-6-5-7-13(17)11-16/h12-13H,5-10H2,1-4H3. The molecule has 1 aliphatic heterocycles. The molecule has 0 bridgehead atoms. The molecule has 0 radical (unpaired) electrons. The van der Waals surface area contributed by atoms with Crippen molar-refractivity contribution in [1.82, 2.24) is 4.90 Å². The van der Waals surface area contributed by atoms with Crippen LogP contribution in [0, 0.1) is 22.7 Å². The summed E-state index contributed by atoms with van der Waals surface area (Å²) < 4.78 is 0. The Morgan fingerprint density at radius 3 is 2.67 bits per heavy atom. The van der Waals surface area contributed by atoms with Crippen molar-refractivity contribution in [2.75, 3.05) is 6.54 Å². The van der Waals surface area contributed by atoms with Crippen LogP contribution in [0.4, 0.5) is 0 Å². The molecule has 1 rings (SSSR count). The van der Waals surface area contributed by atoms with Crippen molar-refractivity contribution in [2.24, 2.45) is 11.3 Å². The minimum absolute atomic E-state index is 0.165. The SMILES string of the molecule is CC(CC(=O)N1CCCCC1C#N)CC(C)(C)C. The van der Waals surface area contributed by atoms with Crippen LogP contribution in [0.15, 0.2) is 0 Å². The third-order valence-corrected chi connectivity index (χ3v) is 3.46. The first-order valence-electron chi connectivity index (χ1n) is 7.02. The van der Waals surface area contributed by atoms with Gasteiger partial charge in [-0.15, -0.1) is 0 Å². The van der Waals surface area contributed by atoms with Crippen molar-refractivity contribution in [1.29, 1.82) is 5.26 Å². The molecule has 0 spiro atoms. The molecule has 0 aromatic heterocycles. The first kappa shape index (κ1) is 15.0. The van der Waals surface area contributed by atoms with E-state index in [4.69, 9.17) is 5.26 Å². The van der Waals surface area contributed by atoms with Gasteiger partial charge in [-0.2, -0.15) is 5.26 Å². The number of rotatable bonds is 3. The van der Waals surface area contributed by atoms with Gasteiger partial charge in [0.05, 0.1) is 6.07 Å². The average molecular weight is 250 g/mol. The first-order valence-corrected chi connectivity index (χ1v) is 7.02. The lowest BCUT2D eigenvalue weighted by Crippen LogP contribution is -2.43. The van der Waals surface area contributed by atoms with E-state index >= 15 is 0 Å². The van der Waals surface area contributed by atoms with Crippen molar-refractivity contribution in [3.63, 3.8) is 0 Å². The maximum Gasteiger partial charge on any atom is 0.223 e. The summed E-state index contributed by atoms with van der Waals surface area (Å²) in [4.78, 5) is 14.0. The summed E-state index contributed by atoms with van der Waals surface area (Å²) in [7, 11) is 0. The summed E-state index contributed by atoms with van der Waals surface area (Å²) in [6.07, 6.45) is 4.58. The van der Waals surface area contributed by atoms with Gasteiger partial charge in [-0.25, -0.2) is 0 Å². The van der Waals surface area contributed by atoms with E-state index in [1.54, 1.807) is 4.90 Å². The highest BCUT2D eigenvalue weighted by atomic mass is 16.2. The maximum atomic E-state index is 12.2. The number of likely N-dealkylation sites (tertiary alicyclic amines) is 1. The molecule has 102 valence electrons. The Kier molecular flexibility index (Phi) is 5.19. The Labute approximate surface area is 111 Å². The zero-order chi connectivity index (χ0) is 13.8. The molecule has 2 unspecified atom stereocenters. The van der Waals surface area contributed by atoms with Gasteiger partial charge in [-0.05, 0) is 37.0 Å². The number of amides is 1. The zero-order valence-corrected chi connectivity index (χ0v) is 12.2. The van der Waals surface area contributed by atoms with Crippen LogP contribution in [0.2, 0.25) is 0 Å². The second-order valence-electron chi connectivity index (χ2n) is 6.80. The number of hydrogen-bond acceptors (Lipinski definition) is 2. The number of carbonyl (C=O) groups excluding carboxylic acids is 1. The lowest BCUT2D eigenvalue weighted by atomic mass is 9.84. The quantitative estimate of drug-likeness (QED) is 0.771. The molecule has 0 aromatic rings. The van der Waals surface area contributed by atoms with Crippen LogP contribution < -0.4 is 0 Å². The van der Waals surface area contributed by atoms with E-state index < -0.39 is 0 Å². The van der Waals surface area contributed by atoms with Gasteiger partial charge in [0.15, 0.2) is 0 Å². The number of carbonyl (C=O) groups is 1. The Bertz CT molecular complexity index is 324. The first-order chi connectivity index (χ1) is 8.33. The summed E-state index contributed by atoms with van der Waals surface area (Å²) in [5, 5.41) is 9.09. The molecule has 0 aliphatic carbocycles. The van der Waals surface area contributed by atoms with Crippen LogP contribution in [0.25, 0.3) is 0 Å². The highest BCUT2D eigenvalue weighted by Gasteiger charge is 2.28.